The molecule has 212 valence electrons. The molecule has 6 rings (SSSR count). The minimum absolute atomic E-state index is 0.0656. The van der Waals surface area contributed by atoms with Crippen molar-refractivity contribution in [1.29, 1.82) is 0 Å². The highest BCUT2D eigenvalue weighted by atomic mass is 32.2. The molecular formula is C31H26FN5O3S2. The minimum Gasteiger partial charge on any atom is -0.505 e. The number of aliphatic hydroxyl groups excluding tert-OH is 1. The maximum atomic E-state index is 14.1. The molecule has 0 spiro atoms. The molecule has 1 aliphatic rings. The first kappa shape index (κ1) is 27.8. The van der Waals surface area contributed by atoms with Crippen molar-refractivity contribution in [1.82, 2.24) is 19.6 Å². The van der Waals surface area contributed by atoms with Crippen molar-refractivity contribution in [3.05, 3.63) is 112 Å². The predicted octanol–water partition coefficient (Wildman–Crippen LogP) is 6.42. The van der Waals surface area contributed by atoms with Gasteiger partial charge in [0, 0.05) is 11.9 Å². The summed E-state index contributed by atoms with van der Waals surface area (Å²) in [5, 5.41) is 20.3. The maximum Gasteiger partial charge on any atom is 0.301 e. The minimum atomic E-state index is -0.946. The van der Waals surface area contributed by atoms with Gasteiger partial charge in [-0.1, -0.05) is 78.6 Å². The second kappa shape index (κ2) is 11.1. The second-order valence-electron chi connectivity index (χ2n) is 9.93. The van der Waals surface area contributed by atoms with Crippen LogP contribution in [0.2, 0.25) is 0 Å². The van der Waals surface area contributed by atoms with Gasteiger partial charge < -0.3 is 9.51 Å². The van der Waals surface area contributed by atoms with E-state index in [4.69, 9.17) is 0 Å². The average Bonchev–Trinajstić information content (AvgIpc) is 3.67. The van der Waals surface area contributed by atoms with Crippen molar-refractivity contribution in [2.75, 3.05) is 4.90 Å². The van der Waals surface area contributed by atoms with Gasteiger partial charge in [0.25, 0.3) is 5.78 Å². The number of thioether (sulfide) groups is 1. The quantitative estimate of drug-likeness (QED) is 0.0757. The van der Waals surface area contributed by atoms with E-state index in [9.17, 15) is 19.1 Å². The smallest absolute Gasteiger partial charge is 0.301 e. The van der Waals surface area contributed by atoms with Crippen molar-refractivity contribution < 1.29 is 19.1 Å². The third-order valence-electron chi connectivity index (χ3n) is 7.37. The summed E-state index contributed by atoms with van der Waals surface area (Å²) >= 11 is 2.42. The van der Waals surface area contributed by atoms with Crippen molar-refractivity contribution in [3.8, 4) is 0 Å². The van der Waals surface area contributed by atoms with E-state index in [1.165, 1.54) is 22.7 Å². The van der Waals surface area contributed by atoms with Crippen LogP contribution in [0.25, 0.3) is 11.4 Å². The van der Waals surface area contributed by atoms with E-state index < -0.39 is 17.7 Å². The van der Waals surface area contributed by atoms with E-state index in [0.29, 0.717) is 32.6 Å². The molecular weight excluding hydrogens is 574 g/mol. The number of imidazole rings is 1. The molecule has 1 atom stereocenters. The van der Waals surface area contributed by atoms with Crippen LogP contribution in [-0.4, -0.2) is 36.4 Å². The highest BCUT2D eigenvalue weighted by Crippen LogP contribution is 2.44. The van der Waals surface area contributed by atoms with E-state index >= 15 is 0 Å². The molecule has 8 nitrogen and oxygen atoms in total. The van der Waals surface area contributed by atoms with Gasteiger partial charge in [-0.15, -0.1) is 10.2 Å². The zero-order valence-electron chi connectivity index (χ0n) is 23.0. The molecule has 1 unspecified atom stereocenters. The third-order valence-corrected chi connectivity index (χ3v) is 9.47. The fraction of sp³-hybridized carbons (Fsp3) is 0.194. The first-order chi connectivity index (χ1) is 20.3. The molecule has 1 N–H and O–H groups in total. The summed E-state index contributed by atoms with van der Waals surface area (Å²) in [6.45, 7) is 5.76. The zero-order valence-corrected chi connectivity index (χ0v) is 24.7. The Morgan fingerprint density at radius 3 is 2.52 bits per heavy atom. The molecule has 1 fully saturated rings. The van der Waals surface area contributed by atoms with E-state index in [-0.39, 0.29) is 28.0 Å². The molecule has 0 bridgehead atoms. The number of amides is 1. The molecule has 4 heterocycles. The van der Waals surface area contributed by atoms with Gasteiger partial charge in [0.15, 0.2) is 10.1 Å². The number of rotatable bonds is 7. The average molecular weight is 600 g/mol. The lowest BCUT2D eigenvalue weighted by atomic mass is 9.95. The van der Waals surface area contributed by atoms with Gasteiger partial charge in [0.2, 0.25) is 5.13 Å². The zero-order chi connectivity index (χ0) is 29.5. The Kier molecular flexibility index (Phi) is 7.38. The Balaban J connectivity index is 1.44. The van der Waals surface area contributed by atoms with Gasteiger partial charge in [0.05, 0.1) is 17.3 Å². The Hall–Kier alpha value is -4.35. The fourth-order valence-corrected chi connectivity index (χ4v) is 6.92. The lowest BCUT2D eigenvalue weighted by Crippen LogP contribution is -2.29. The molecule has 5 aromatic rings. The maximum absolute atomic E-state index is 14.1. The number of nitrogens with zero attached hydrogens (tertiary/aromatic N) is 5. The standard InChI is InChI=1S/C31H26FN5O3S2/c1-4-19-11-13-20(14-12-19)25-23(26(38)24-18(3)36-15-7-8-17(2)28(36)33-24)27(39)29(40)37(25)30-34-35-31(42-30)41-16-21-9-5-6-10-22(21)32/h5-15,25,38H,4,16H2,1-3H3/b26-23+. The number of ketones is 1. The van der Waals surface area contributed by atoms with Gasteiger partial charge >= 0.3 is 5.91 Å². The van der Waals surface area contributed by atoms with Gasteiger partial charge in [-0.2, -0.15) is 0 Å². The number of fused-ring (bicyclic) bond motifs is 1. The summed E-state index contributed by atoms with van der Waals surface area (Å²) in [5.74, 6) is -1.98. The van der Waals surface area contributed by atoms with Crippen LogP contribution >= 0.6 is 23.1 Å². The number of aryl methyl sites for hydroxylation is 3. The van der Waals surface area contributed by atoms with Crippen LogP contribution < -0.4 is 4.90 Å². The largest absolute Gasteiger partial charge is 0.505 e. The number of aliphatic hydroxyl groups is 1. The Morgan fingerprint density at radius 1 is 1.05 bits per heavy atom. The monoisotopic (exact) mass is 599 g/mol. The van der Waals surface area contributed by atoms with E-state index in [2.05, 4.69) is 15.2 Å². The second-order valence-corrected chi connectivity index (χ2v) is 12.1. The van der Waals surface area contributed by atoms with E-state index in [0.717, 1.165) is 28.9 Å². The number of carbonyl (C=O) groups is 2. The molecule has 42 heavy (non-hydrogen) atoms. The van der Waals surface area contributed by atoms with Gasteiger partial charge in [0.1, 0.15) is 17.2 Å². The number of pyridine rings is 1. The number of hydrogen-bond acceptors (Lipinski definition) is 8. The first-order valence-electron chi connectivity index (χ1n) is 13.3. The fourth-order valence-electron chi connectivity index (χ4n) is 5.07. The first-order valence-corrected chi connectivity index (χ1v) is 15.1. The third kappa shape index (κ3) is 4.78. The van der Waals surface area contributed by atoms with Crippen LogP contribution in [0, 0.1) is 19.7 Å². The van der Waals surface area contributed by atoms with Crippen molar-refractivity contribution in [3.63, 3.8) is 0 Å². The highest BCUT2D eigenvalue weighted by Gasteiger charge is 2.48. The molecule has 0 aliphatic carbocycles. The van der Waals surface area contributed by atoms with E-state index in [1.54, 1.807) is 25.1 Å². The molecule has 1 aliphatic heterocycles. The van der Waals surface area contributed by atoms with Gasteiger partial charge in [-0.25, -0.2) is 9.37 Å². The van der Waals surface area contributed by atoms with Crippen LogP contribution in [0.3, 0.4) is 0 Å². The number of hydrogen-bond donors (Lipinski definition) is 1. The normalized spacial score (nSPS) is 16.6. The highest BCUT2D eigenvalue weighted by molar-refractivity contribution is 8.00. The molecule has 1 saturated heterocycles. The molecule has 11 heteroatoms. The SMILES string of the molecule is CCc1ccc(C2/C(=C(\O)c3nc4c(C)cccn4c3C)C(=O)C(=O)N2c2nnc(SCc3ccccc3F)s2)cc1. The van der Waals surface area contributed by atoms with Crippen LogP contribution in [0.5, 0.6) is 0 Å². The number of anilines is 1. The van der Waals surface area contributed by atoms with Crippen LogP contribution in [0.4, 0.5) is 9.52 Å². The molecule has 0 saturated carbocycles. The lowest BCUT2D eigenvalue weighted by Gasteiger charge is -2.22. The van der Waals surface area contributed by atoms with Crippen molar-refractivity contribution in [2.24, 2.45) is 0 Å². The number of benzene rings is 2. The number of carbonyl (C=O) groups excluding carboxylic acids is 2. The predicted molar refractivity (Wildman–Crippen MR) is 161 cm³/mol. The summed E-state index contributed by atoms with van der Waals surface area (Å²) in [5.41, 5.74) is 4.61. The number of aromatic nitrogens is 4. The molecule has 2 aromatic carbocycles. The number of halogens is 1. The summed E-state index contributed by atoms with van der Waals surface area (Å²) in [4.78, 5) is 33.2. The van der Waals surface area contributed by atoms with Crippen LogP contribution in [0.15, 0.2) is 76.8 Å². The Morgan fingerprint density at radius 2 is 1.81 bits per heavy atom. The summed E-state index contributed by atoms with van der Waals surface area (Å²) in [6.07, 6.45) is 2.65. The van der Waals surface area contributed by atoms with Crippen LogP contribution in [-0.2, 0) is 21.8 Å². The van der Waals surface area contributed by atoms with E-state index in [1.807, 2.05) is 60.8 Å². The van der Waals surface area contributed by atoms with Crippen LogP contribution in [0.1, 0.15) is 46.6 Å². The summed E-state index contributed by atoms with van der Waals surface area (Å²) in [6, 6.07) is 16.9. The number of Topliss-reactive ketones (excluding diaryl/α,β-unsaturated/α-hetero) is 1. The summed E-state index contributed by atoms with van der Waals surface area (Å²) in [7, 11) is 0. The Labute approximate surface area is 249 Å². The van der Waals surface area contributed by atoms with Gasteiger partial charge in [-0.05, 0) is 54.7 Å². The topological polar surface area (TPSA) is 101 Å². The van der Waals surface area contributed by atoms with Gasteiger partial charge in [-0.3, -0.25) is 14.5 Å². The summed E-state index contributed by atoms with van der Waals surface area (Å²) < 4.78 is 16.5. The molecule has 3 aromatic heterocycles. The lowest BCUT2D eigenvalue weighted by molar-refractivity contribution is -0.132. The van der Waals surface area contributed by atoms with Crippen molar-refractivity contribution >= 4 is 51.3 Å². The molecule has 1 amide bonds. The van der Waals surface area contributed by atoms with Crippen molar-refractivity contribution in [2.45, 2.75) is 43.3 Å². The molecule has 0 radical (unpaired) electrons. The Bertz CT molecular complexity index is 1880.